The van der Waals surface area contributed by atoms with Gasteiger partial charge in [0, 0.05) is 35.0 Å². The molecule has 3 aromatic rings. The quantitative estimate of drug-likeness (QED) is 0.398. The van der Waals surface area contributed by atoms with E-state index >= 15 is 0 Å². The molecular formula is C31H26N2O2. The lowest BCUT2D eigenvalue weighted by Gasteiger charge is -2.30. The standard InChI is InChI=1S/C31H26N2O2/c1-20-8-12-23(13-9-20)28(34)17-25-16-27(30(35)24-14-10-21(2)11-15-24)29(31(25,18-32)19-33)26-7-5-4-6-22(26)3/h4-16,25,29H,17H2,1-3H3/t25-,29+/m1/s1. The Kier molecular flexibility index (Phi) is 6.50. The molecule has 4 heteroatoms. The molecular weight excluding hydrogens is 432 g/mol. The SMILES string of the molecule is Cc1ccc(C(=O)C[C@H]2C=C(C(=O)c3ccc(C)cc3)[C@H](c3ccccc3C)C2(C#N)C#N)cc1. The molecule has 2 atom stereocenters. The van der Waals surface area contributed by atoms with Crippen molar-refractivity contribution >= 4 is 11.6 Å². The summed E-state index contributed by atoms with van der Waals surface area (Å²) in [4.78, 5) is 26.9. The first kappa shape index (κ1) is 23.9. The molecule has 1 aliphatic rings. The molecule has 0 fully saturated rings. The highest BCUT2D eigenvalue weighted by atomic mass is 16.1. The van der Waals surface area contributed by atoms with Gasteiger partial charge in [0.25, 0.3) is 0 Å². The summed E-state index contributed by atoms with van der Waals surface area (Å²) in [5.74, 6) is -1.87. The average Bonchev–Trinajstić information content (AvgIpc) is 3.18. The highest BCUT2D eigenvalue weighted by Gasteiger charge is 2.55. The summed E-state index contributed by atoms with van der Waals surface area (Å²) in [6.45, 7) is 5.80. The highest BCUT2D eigenvalue weighted by Crippen LogP contribution is 2.55. The van der Waals surface area contributed by atoms with Gasteiger partial charge in [0.15, 0.2) is 17.0 Å². The lowest BCUT2D eigenvalue weighted by Crippen LogP contribution is -2.32. The minimum atomic E-state index is -1.58. The second-order valence-electron chi connectivity index (χ2n) is 9.30. The van der Waals surface area contributed by atoms with Crippen molar-refractivity contribution in [3.8, 4) is 12.1 Å². The number of rotatable bonds is 6. The van der Waals surface area contributed by atoms with Crippen LogP contribution in [0, 0.1) is 54.8 Å². The minimum Gasteiger partial charge on any atom is -0.294 e. The second kappa shape index (κ2) is 9.53. The zero-order chi connectivity index (χ0) is 25.2. The topological polar surface area (TPSA) is 81.7 Å². The van der Waals surface area contributed by atoms with Crippen molar-refractivity contribution < 1.29 is 9.59 Å². The maximum atomic E-state index is 13.7. The van der Waals surface area contributed by atoms with Gasteiger partial charge in [-0.3, -0.25) is 9.59 Å². The Morgan fingerprint density at radius 1 is 0.800 bits per heavy atom. The normalized spacial score (nSPS) is 18.3. The molecule has 0 unspecified atom stereocenters. The summed E-state index contributed by atoms with van der Waals surface area (Å²) in [6, 6.07) is 26.5. The van der Waals surface area contributed by atoms with Gasteiger partial charge in [-0.2, -0.15) is 10.5 Å². The van der Waals surface area contributed by atoms with Crippen LogP contribution in [0.1, 0.15) is 55.3 Å². The second-order valence-corrected chi connectivity index (χ2v) is 9.30. The van der Waals surface area contributed by atoms with Gasteiger partial charge >= 0.3 is 0 Å². The van der Waals surface area contributed by atoms with Crippen molar-refractivity contribution in [1.82, 2.24) is 0 Å². The number of carbonyl (C=O) groups is 2. The molecule has 3 aromatic carbocycles. The summed E-state index contributed by atoms with van der Waals surface area (Å²) in [6.07, 6.45) is 1.68. The van der Waals surface area contributed by atoms with E-state index in [1.807, 2.05) is 69.3 Å². The van der Waals surface area contributed by atoms with Gasteiger partial charge < -0.3 is 0 Å². The van der Waals surface area contributed by atoms with Crippen LogP contribution in [0.25, 0.3) is 0 Å². The first-order valence-corrected chi connectivity index (χ1v) is 11.6. The lowest BCUT2D eigenvalue weighted by molar-refractivity contribution is 0.0955. The number of aryl methyl sites for hydroxylation is 3. The molecule has 4 rings (SSSR count). The van der Waals surface area contributed by atoms with Crippen molar-refractivity contribution in [1.29, 1.82) is 10.5 Å². The number of hydrogen-bond donors (Lipinski definition) is 0. The van der Waals surface area contributed by atoms with E-state index < -0.39 is 17.3 Å². The van der Waals surface area contributed by atoms with Crippen molar-refractivity contribution in [3.63, 3.8) is 0 Å². The number of Topliss-reactive ketones (excluding diaryl/α,β-unsaturated/α-hetero) is 2. The fourth-order valence-corrected chi connectivity index (χ4v) is 4.90. The van der Waals surface area contributed by atoms with Gasteiger partial charge in [-0.05, 0) is 31.9 Å². The monoisotopic (exact) mass is 458 g/mol. The van der Waals surface area contributed by atoms with Crippen molar-refractivity contribution in [2.45, 2.75) is 33.1 Å². The molecule has 0 N–H and O–H groups in total. The summed E-state index contributed by atoms with van der Waals surface area (Å²) < 4.78 is 0. The van der Waals surface area contributed by atoms with Crippen molar-refractivity contribution in [2.24, 2.45) is 11.3 Å². The molecule has 0 aromatic heterocycles. The van der Waals surface area contributed by atoms with Crippen molar-refractivity contribution in [2.75, 3.05) is 0 Å². The first-order valence-electron chi connectivity index (χ1n) is 11.6. The Labute approximate surface area is 206 Å². The minimum absolute atomic E-state index is 0.0305. The van der Waals surface area contributed by atoms with E-state index in [2.05, 4.69) is 12.1 Å². The number of allylic oxidation sites excluding steroid dienone is 2. The summed E-state index contributed by atoms with van der Waals surface area (Å²) in [7, 11) is 0. The molecule has 0 spiro atoms. The fraction of sp³-hybridized carbons (Fsp3) is 0.226. The highest BCUT2D eigenvalue weighted by molar-refractivity contribution is 6.10. The predicted octanol–water partition coefficient (Wildman–Crippen LogP) is 6.44. The summed E-state index contributed by atoms with van der Waals surface area (Å²) in [5, 5.41) is 20.8. The van der Waals surface area contributed by atoms with Crippen LogP contribution in [-0.2, 0) is 0 Å². The molecule has 0 bridgehead atoms. The largest absolute Gasteiger partial charge is 0.294 e. The van der Waals surface area contributed by atoms with E-state index in [9.17, 15) is 20.1 Å². The van der Waals surface area contributed by atoms with Crippen LogP contribution in [0.2, 0.25) is 0 Å². The van der Waals surface area contributed by atoms with Gasteiger partial charge in [0.05, 0.1) is 12.1 Å². The molecule has 0 radical (unpaired) electrons. The Morgan fingerprint density at radius 3 is 1.89 bits per heavy atom. The predicted molar refractivity (Wildman–Crippen MR) is 135 cm³/mol. The molecule has 0 amide bonds. The smallest absolute Gasteiger partial charge is 0.189 e. The zero-order valence-electron chi connectivity index (χ0n) is 20.1. The summed E-state index contributed by atoms with van der Waals surface area (Å²) in [5.41, 5.74) is 3.55. The Balaban J connectivity index is 1.84. The Bertz CT molecular complexity index is 1390. The number of nitrogens with zero attached hydrogens (tertiary/aromatic N) is 2. The van der Waals surface area contributed by atoms with Crippen LogP contribution in [-0.4, -0.2) is 11.6 Å². The van der Waals surface area contributed by atoms with E-state index in [0.29, 0.717) is 16.7 Å². The average molecular weight is 459 g/mol. The van der Waals surface area contributed by atoms with E-state index in [0.717, 1.165) is 22.3 Å². The summed E-state index contributed by atoms with van der Waals surface area (Å²) >= 11 is 0. The maximum Gasteiger partial charge on any atom is 0.189 e. The first-order chi connectivity index (χ1) is 16.8. The molecule has 1 aliphatic carbocycles. The third kappa shape index (κ3) is 4.32. The van der Waals surface area contributed by atoms with Gasteiger partial charge in [0.2, 0.25) is 0 Å². The third-order valence-electron chi connectivity index (χ3n) is 6.96. The van der Waals surface area contributed by atoms with Crippen LogP contribution in [0.15, 0.2) is 84.4 Å². The molecule has 0 saturated heterocycles. The molecule has 35 heavy (non-hydrogen) atoms. The van der Waals surface area contributed by atoms with Gasteiger partial charge in [-0.25, -0.2) is 0 Å². The van der Waals surface area contributed by atoms with Crippen LogP contribution in [0.3, 0.4) is 0 Å². The zero-order valence-corrected chi connectivity index (χ0v) is 20.1. The van der Waals surface area contributed by atoms with Crippen LogP contribution in [0.4, 0.5) is 0 Å². The number of carbonyl (C=O) groups excluding carboxylic acids is 2. The maximum absolute atomic E-state index is 13.7. The molecule has 0 heterocycles. The van der Waals surface area contributed by atoms with E-state index in [1.54, 1.807) is 30.3 Å². The van der Waals surface area contributed by atoms with Gasteiger partial charge in [-0.15, -0.1) is 0 Å². The lowest BCUT2D eigenvalue weighted by atomic mass is 9.66. The van der Waals surface area contributed by atoms with Gasteiger partial charge in [-0.1, -0.05) is 90.0 Å². The van der Waals surface area contributed by atoms with E-state index in [1.165, 1.54) is 0 Å². The van der Waals surface area contributed by atoms with Gasteiger partial charge in [0.1, 0.15) is 0 Å². The molecule has 4 nitrogen and oxygen atoms in total. The number of benzene rings is 3. The van der Waals surface area contributed by atoms with Crippen molar-refractivity contribution in [3.05, 3.63) is 118 Å². The fourth-order valence-electron chi connectivity index (χ4n) is 4.90. The molecule has 0 aliphatic heterocycles. The van der Waals surface area contributed by atoms with E-state index in [4.69, 9.17) is 0 Å². The number of hydrogen-bond acceptors (Lipinski definition) is 4. The van der Waals surface area contributed by atoms with Crippen LogP contribution < -0.4 is 0 Å². The number of ketones is 2. The van der Waals surface area contributed by atoms with E-state index in [-0.39, 0.29) is 18.0 Å². The van der Waals surface area contributed by atoms with Crippen LogP contribution >= 0.6 is 0 Å². The third-order valence-corrected chi connectivity index (χ3v) is 6.96. The van der Waals surface area contributed by atoms with Crippen LogP contribution in [0.5, 0.6) is 0 Å². The molecule has 172 valence electrons. The number of nitriles is 2. The molecule has 0 saturated carbocycles. The Hall–Kier alpha value is -4.28. The Morgan fingerprint density at radius 2 is 1.34 bits per heavy atom.